The second-order valence-electron chi connectivity index (χ2n) is 5.85. The van der Waals surface area contributed by atoms with Crippen LogP contribution in [-0.2, 0) is 17.6 Å². The third-order valence-corrected chi connectivity index (χ3v) is 4.34. The lowest BCUT2D eigenvalue weighted by Gasteiger charge is -2.34. The lowest BCUT2D eigenvalue weighted by atomic mass is 9.94. The Bertz CT molecular complexity index is 530. The fraction of sp³-hybridized carbons (Fsp3) is 0.667. The van der Waals surface area contributed by atoms with Crippen LogP contribution in [0.15, 0.2) is 0 Å². The van der Waals surface area contributed by atoms with Crippen molar-refractivity contribution in [2.45, 2.75) is 45.4 Å². The molecular formula is C15H21N3O2. The molecule has 0 saturated carbocycles. The van der Waals surface area contributed by atoms with Crippen molar-refractivity contribution in [3.05, 3.63) is 17.1 Å². The van der Waals surface area contributed by atoms with Crippen LogP contribution >= 0.6 is 0 Å². The van der Waals surface area contributed by atoms with Crippen LogP contribution in [0.5, 0.6) is 0 Å². The molecule has 1 unspecified atom stereocenters. The van der Waals surface area contributed by atoms with E-state index in [2.05, 4.69) is 14.9 Å². The van der Waals surface area contributed by atoms with E-state index < -0.39 is 5.97 Å². The Balaban J connectivity index is 1.93. The van der Waals surface area contributed by atoms with Gasteiger partial charge in [0.25, 0.3) is 0 Å². The number of nitrogens with zero attached hydrogens (tertiary/aromatic N) is 3. The molecule has 0 amide bonds. The first-order chi connectivity index (χ1) is 9.65. The van der Waals surface area contributed by atoms with Crippen molar-refractivity contribution < 1.29 is 9.90 Å². The Kier molecular flexibility index (Phi) is 3.59. The molecule has 1 aliphatic heterocycles. The Morgan fingerprint density at radius 2 is 2.05 bits per heavy atom. The molecule has 1 aliphatic carbocycles. The Morgan fingerprint density at radius 1 is 1.25 bits per heavy atom. The smallest absolute Gasteiger partial charge is 0.308 e. The molecule has 1 atom stereocenters. The second kappa shape index (κ2) is 5.38. The molecule has 0 spiro atoms. The molecule has 1 fully saturated rings. The molecule has 5 heteroatoms. The summed E-state index contributed by atoms with van der Waals surface area (Å²) in [5, 5.41) is 9.24. The molecular weight excluding hydrogens is 254 g/mol. The number of fused-ring (bicyclic) bond motifs is 1. The van der Waals surface area contributed by atoms with Gasteiger partial charge < -0.3 is 10.0 Å². The normalized spacial score (nSPS) is 22.4. The molecule has 1 aromatic heterocycles. The zero-order chi connectivity index (χ0) is 14.1. The fourth-order valence-corrected chi connectivity index (χ4v) is 3.33. The largest absolute Gasteiger partial charge is 0.481 e. The predicted molar refractivity (Wildman–Crippen MR) is 76.0 cm³/mol. The van der Waals surface area contributed by atoms with Crippen LogP contribution in [0.4, 0.5) is 5.82 Å². The van der Waals surface area contributed by atoms with Crippen molar-refractivity contribution in [3.63, 3.8) is 0 Å². The first kappa shape index (κ1) is 13.3. The molecule has 1 N–H and O–H groups in total. The van der Waals surface area contributed by atoms with E-state index in [-0.39, 0.29) is 5.92 Å². The number of aromatic nitrogens is 2. The van der Waals surface area contributed by atoms with Crippen molar-refractivity contribution in [2.24, 2.45) is 5.92 Å². The van der Waals surface area contributed by atoms with E-state index in [0.29, 0.717) is 6.54 Å². The number of carboxylic acid groups (broad SMARTS) is 1. The summed E-state index contributed by atoms with van der Waals surface area (Å²) in [5.74, 6) is 0.851. The highest BCUT2D eigenvalue weighted by Crippen LogP contribution is 2.30. The third-order valence-electron chi connectivity index (χ3n) is 4.34. The van der Waals surface area contributed by atoms with Gasteiger partial charge in [-0.15, -0.1) is 0 Å². The maximum absolute atomic E-state index is 11.2. The standard InChI is InChI=1S/C15H21N3O2/c1-10-16-13-7-3-2-6-12(13)14(17-10)18-8-4-5-11(9-18)15(19)20/h11H,2-9H2,1H3,(H,19,20). The molecule has 1 aromatic rings. The van der Waals surface area contributed by atoms with Crippen LogP contribution in [0, 0.1) is 12.8 Å². The summed E-state index contributed by atoms with van der Waals surface area (Å²) >= 11 is 0. The summed E-state index contributed by atoms with van der Waals surface area (Å²) in [7, 11) is 0. The van der Waals surface area contributed by atoms with Crippen LogP contribution < -0.4 is 4.90 Å². The summed E-state index contributed by atoms with van der Waals surface area (Å²) in [4.78, 5) is 22.6. The maximum Gasteiger partial charge on any atom is 0.308 e. The lowest BCUT2D eigenvalue weighted by Crippen LogP contribution is -2.40. The van der Waals surface area contributed by atoms with Crippen molar-refractivity contribution in [1.82, 2.24) is 9.97 Å². The Labute approximate surface area is 119 Å². The second-order valence-corrected chi connectivity index (χ2v) is 5.85. The average Bonchev–Trinajstić information content (AvgIpc) is 2.46. The predicted octanol–water partition coefficient (Wildman–Crippen LogP) is 1.96. The molecule has 0 radical (unpaired) electrons. The van der Waals surface area contributed by atoms with Crippen molar-refractivity contribution in [3.8, 4) is 0 Å². The molecule has 20 heavy (non-hydrogen) atoms. The van der Waals surface area contributed by atoms with Gasteiger partial charge in [0.2, 0.25) is 0 Å². The number of carboxylic acids is 1. The van der Waals surface area contributed by atoms with Gasteiger partial charge in [0.15, 0.2) is 0 Å². The summed E-state index contributed by atoms with van der Waals surface area (Å²) < 4.78 is 0. The van der Waals surface area contributed by atoms with Gasteiger partial charge in [-0.2, -0.15) is 0 Å². The molecule has 2 heterocycles. The minimum Gasteiger partial charge on any atom is -0.481 e. The zero-order valence-electron chi connectivity index (χ0n) is 11.9. The lowest BCUT2D eigenvalue weighted by molar-refractivity contribution is -0.141. The third kappa shape index (κ3) is 2.49. The van der Waals surface area contributed by atoms with Gasteiger partial charge in [-0.05, 0) is 45.4 Å². The zero-order valence-corrected chi connectivity index (χ0v) is 11.9. The Morgan fingerprint density at radius 3 is 2.85 bits per heavy atom. The quantitative estimate of drug-likeness (QED) is 0.893. The number of anilines is 1. The highest BCUT2D eigenvalue weighted by Gasteiger charge is 2.29. The Hall–Kier alpha value is -1.65. The average molecular weight is 275 g/mol. The van der Waals surface area contributed by atoms with E-state index in [1.54, 1.807) is 0 Å². The highest BCUT2D eigenvalue weighted by molar-refractivity contribution is 5.71. The molecule has 0 aromatic carbocycles. The summed E-state index contributed by atoms with van der Waals surface area (Å²) in [6, 6.07) is 0. The van der Waals surface area contributed by atoms with E-state index in [1.165, 1.54) is 24.1 Å². The number of hydrogen-bond donors (Lipinski definition) is 1. The van der Waals surface area contributed by atoms with Crippen LogP contribution in [-0.4, -0.2) is 34.1 Å². The van der Waals surface area contributed by atoms with E-state index in [4.69, 9.17) is 0 Å². The van der Waals surface area contributed by atoms with Crippen molar-refractivity contribution in [2.75, 3.05) is 18.0 Å². The number of piperidine rings is 1. The van der Waals surface area contributed by atoms with Crippen LogP contribution in [0.1, 0.15) is 42.8 Å². The van der Waals surface area contributed by atoms with E-state index in [9.17, 15) is 9.90 Å². The molecule has 1 saturated heterocycles. The summed E-state index contributed by atoms with van der Waals surface area (Å²) in [6.07, 6.45) is 6.14. The number of hydrogen-bond acceptors (Lipinski definition) is 4. The number of carbonyl (C=O) groups is 1. The van der Waals surface area contributed by atoms with Crippen LogP contribution in [0.25, 0.3) is 0 Å². The first-order valence-corrected chi connectivity index (χ1v) is 7.49. The maximum atomic E-state index is 11.2. The van der Waals surface area contributed by atoms with Gasteiger partial charge in [-0.1, -0.05) is 0 Å². The monoisotopic (exact) mass is 275 g/mol. The number of rotatable bonds is 2. The van der Waals surface area contributed by atoms with Gasteiger partial charge in [0.05, 0.1) is 5.92 Å². The van der Waals surface area contributed by atoms with Crippen LogP contribution in [0.3, 0.4) is 0 Å². The van der Waals surface area contributed by atoms with E-state index in [0.717, 1.165) is 43.9 Å². The molecule has 108 valence electrons. The summed E-state index contributed by atoms with van der Waals surface area (Å²) in [5.41, 5.74) is 2.43. The topological polar surface area (TPSA) is 66.3 Å². The number of aryl methyl sites for hydroxylation is 2. The first-order valence-electron chi connectivity index (χ1n) is 7.49. The minimum absolute atomic E-state index is 0.265. The van der Waals surface area contributed by atoms with E-state index in [1.807, 2.05) is 6.92 Å². The van der Waals surface area contributed by atoms with Crippen molar-refractivity contribution in [1.29, 1.82) is 0 Å². The van der Waals surface area contributed by atoms with Crippen LogP contribution in [0.2, 0.25) is 0 Å². The summed E-state index contributed by atoms with van der Waals surface area (Å²) in [6.45, 7) is 3.42. The SMILES string of the molecule is Cc1nc2c(c(N3CCCC(C(=O)O)C3)n1)CCCC2. The van der Waals surface area contributed by atoms with Crippen molar-refractivity contribution >= 4 is 11.8 Å². The highest BCUT2D eigenvalue weighted by atomic mass is 16.4. The van der Waals surface area contributed by atoms with Gasteiger partial charge >= 0.3 is 5.97 Å². The number of aliphatic carboxylic acids is 1. The molecule has 0 bridgehead atoms. The van der Waals surface area contributed by atoms with E-state index >= 15 is 0 Å². The molecule has 3 rings (SSSR count). The minimum atomic E-state index is -0.686. The molecule has 2 aliphatic rings. The fourth-order valence-electron chi connectivity index (χ4n) is 3.33. The van der Waals surface area contributed by atoms with Gasteiger partial charge in [-0.25, -0.2) is 9.97 Å². The van der Waals surface area contributed by atoms with Gasteiger partial charge in [-0.3, -0.25) is 4.79 Å². The molecule has 5 nitrogen and oxygen atoms in total. The van der Waals surface area contributed by atoms with Gasteiger partial charge in [0, 0.05) is 24.3 Å². The van der Waals surface area contributed by atoms with Gasteiger partial charge in [0.1, 0.15) is 11.6 Å².